The van der Waals surface area contributed by atoms with Crippen molar-refractivity contribution in [2.75, 3.05) is 0 Å². The highest BCUT2D eigenvalue weighted by Crippen LogP contribution is 2.14. The van der Waals surface area contributed by atoms with Crippen LogP contribution in [0.3, 0.4) is 0 Å². The number of hydrogen-bond acceptors (Lipinski definition) is 4. The van der Waals surface area contributed by atoms with Gasteiger partial charge in [-0.1, -0.05) is 124 Å². The van der Waals surface area contributed by atoms with Crippen LogP contribution in [0.5, 0.6) is 0 Å². The Morgan fingerprint density at radius 3 is 1.19 bits per heavy atom. The molecule has 0 fully saturated rings. The molecule has 0 aliphatic carbocycles. The standard InChI is InChI=1S/C20H42.HNO3.H3NO/c1-4-5-6-7-8-9-10-11-12-13-14-15-16-17-18-19-20(2)3;2-1(3)4;1-2/h20H,4-19H2,1-3H3;(H,2,3,4);2H,1H2. The van der Waals surface area contributed by atoms with Gasteiger partial charge in [-0.25, -0.2) is 5.90 Å². The minimum absolute atomic E-state index is 0.900. The van der Waals surface area contributed by atoms with Crippen molar-refractivity contribution >= 4 is 0 Å². The Morgan fingerprint density at radius 2 is 0.962 bits per heavy atom. The van der Waals surface area contributed by atoms with Crippen LogP contribution >= 0.6 is 0 Å². The first-order valence-electron chi connectivity index (χ1n) is 10.6. The summed E-state index contributed by atoms with van der Waals surface area (Å²) in [5.41, 5.74) is 0. The lowest BCUT2D eigenvalue weighted by Gasteiger charge is -2.05. The maximum absolute atomic E-state index is 8.36. The third kappa shape index (κ3) is 43.5. The number of hydrogen-bond donors (Lipinski definition) is 3. The Balaban J connectivity index is -0.000000769. The second-order valence-corrected chi connectivity index (χ2v) is 7.37. The Bertz CT molecular complexity index is 248. The van der Waals surface area contributed by atoms with Crippen LogP contribution in [-0.4, -0.2) is 15.5 Å². The van der Waals surface area contributed by atoms with E-state index in [9.17, 15) is 0 Å². The summed E-state index contributed by atoms with van der Waals surface area (Å²) < 4.78 is 0. The summed E-state index contributed by atoms with van der Waals surface area (Å²) in [5, 5.41) is 20.1. The lowest BCUT2D eigenvalue weighted by atomic mass is 10.0. The molecule has 0 aliphatic rings. The van der Waals surface area contributed by atoms with Crippen LogP contribution in [0.25, 0.3) is 0 Å². The summed E-state index contributed by atoms with van der Waals surface area (Å²) in [4.78, 5) is 8.36. The molecule has 6 nitrogen and oxygen atoms in total. The molecule has 0 saturated heterocycles. The third-order valence-corrected chi connectivity index (χ3v) is 4.39. The highest BCUT2D eigenvalue weighted by Gasteiger charge is 1.95. The van der Waals surface area contributed by atoms with E-state index < -0.39 is 5.09 Å². The Kier molecular flexibility index (Phi) is 33.2. The summed E-state index contributed by atoms with van der Waals surface area (Å²) in [6.07, 6.45) is 23.5. The normalized spacial score (nSPS) is 9.92. The summed E-state index contributed by atoms with van der Waals surface area (Å²) in [5.74, 6) is 4.40. The summed E-state index contributed by atoms with van der Waals surface area (Å²) >= 11 is 0. The molecule has 160 valence electrons. The van der Waals surface area contributed by atoms with Gasteiger partial charge < -0.3 is 10.4 Å². The minimum Gasteiger partial charge on any atom is -0.328 e. The molecule has 0 rings (SSSR count). The number of nitrogens with zero attached hydrogens (tertiary/aromatic N) is 1. The molecule has 0 amide bonds. The van der Waals surface area contributed by atoms with E-state index in [1.165, 1.54) is 103 Å². The van der Waals surface area contributed by atoms with Crippen LogP contribution in [0.15, 0.2) is 0 Å². The molecular weight excluding hydrogens is 332 g/mol. The fraction of sp³-hybridized carbons (Fsp3) is 1.00. The smallest absolute Gasteiger partial charge is 0.291 e. The van der Waals surface area contributed by atoms with Crippen molar-refractivity contribution in [2.24, 2.45) is 11.8 Å². The lowest BCUT2D eigenvalue weighted by molar-refractivity contribution is -0.742. The van der Waals surface area contributed by atoms with Gasteiger partial charge in [0.2, 0.25) is 0 Å². The number of nitrogens with two attached hydrogens (primary N) is 1. The first-order chi connectivity index (χ1) is 12.5. The Morgan fingerprint density at radius 1 is 0.731 bits per heavy atom. The zero-order chi connectivity index (χ0) is 20.5. The monoisotopic (exact) mass is 378 g/mol. The second kappa shape index (κ2) is 28.9. The molecule has 0 radical (unpaired) electrons. The highest BCUT2D eigenvalue weighted by molar-refractivity contribution is 4.50. The van der Waals surface area contributed by atoms with Crippen molar-refractivity contribution in [3.05, 3.63) is 10.1 Å². The molecule has 4 N–H and O–H groups in total. The zero-order valence-corrected chi connectivity index (χ0v) is 17.6. The second-order valence-electron chi connectivity index (χ2n) is 7.37. The maximum atomic E-state index is 8.36. The van der Waals surface area contributed by atoms with Crippen molar-refractivity contribution < 1.29 is 15.5 Å². The SMILES string of the molecule is CCCCCCCCCCCCCCCCCC(C)C.NO.O=[N+]([O-])O. The average Bonchev–Trinajstić information content (AvgIpc) is 2.59. The van der Waals surface area contributed by atoms with Crippen LogP contribution in [0.2, 0.25) is 0 Å². The minimum atomic E-state index is -1.50. The van der Waals surface area contributed by atoms with Gasteiger partial charge in [0.05, 0.1) is 0 Å². The molecule has 0 saturated carbocycles. The molecule has 0 bridgehead atoms. The van der Waals surface area contributed by atoms with E-state index >= 15 is 0 Å². The Hall–Kier alpha value is -0.880. The lowest BCUT2D eigenvalue weighted by Crippen LogP contribution is -1.87. The van der Waals surface area contributed by atoms with Gasteiger partial charge in [-0.15, -0.1) is 10.1 Å². The van der Waals surface area contributed by atoms with Crippen molar-refractivity contribution in [2.45, 2.75) is 124 Å². The fourth-order valence-electron chi connectivity index (χ4n) is 2.92. The quantitative estimate of drug-likeness (QED) is 0.154. The molecule has 0 spiro atoms. The van der Waals surface area contributed by atoms with E-state index in [1.54, 1.807) is 0 Å². The van der Waals surface area contributed by atoms with Crippen LogP contribution in [0.4, 0.5) is 0 Å². The molecule has 0 aliphatic heterocycles. The van der Waals surface area contributed by atoms with E-state index in [4.69, 9.17) is 20.5 Å². The molecular formula is C20H46N2O4. The summed E-state index contributed by atoms with van der Waals surface area (Å²) in [6, 6.07) is 0. The van der Waals surface area contributed by atoms with Gasteiger partial charge in [0.15, 0.2) is 0 Å². The van der Waals surface area contributed by atoms with Gasteiger partial charge in [0, 0.05) is 0 Å². The van der Waals surface area contributed by atoms with Gasteiger partial charge in [-0.3, -0.25) is 0 Å². The largest absolute Gasteiger partial charge is 0.328 e. The number of rotatable bonds is 16. The fourth-order valence-corrected chi connectivity index (χ4v) is 2.92. The molecule has 0 aromatic heterocycles. The van der Waals surface area contributed by atoms with Crippen molar-refractivity contribution in [3.8, 4) is 0 Å². The van der Waals surface area contributed by atoms with E-state index in [2.05, 4.69) is 26.7 Å². The molecule has 0 unspecified atom stereocenters. The van der Waals surface area contributed by atoms with Gasteiger partial charge in [-0.05, 0) is 5.92 Å². The van der Waals surface area contributed by atoms with E-state index in [0.717, 1.165) is 5.92 Å². The third-order valence-electron chi connectivity index (χ3n) is 4.39. The van der Waals surface area contributed by atoms with Crippen LogP contribution < -0.4 is 5.90 Å². The van der Waals surface area contributed by atoms with Gasteiger partial charge >= 0.3 is 0 Å². The predicted octanol–water partition coefficient (Wildman–Crippen LogP) is 6.89. The number of unbranched alkanes of at least 4 members (excludes halogenated alkanes) is 14. The first kappa shape index (κ1) is 29.9. The van der Waals surface area contributed by atoms with E-state index in [0.29, 0.717) is 0 Å². The van der Waals surface area contributed by atoms with Crippen molar-refractivity contribution in [1.29, 1.82) is 0 Å². The van der Waals surface area contributed by atoms with Crippen LogP contribution in [-0.2, 0) is 0 Å². The topological polar surface area (TPSA) is 110 Å². The van der Waals surface area contributed by atoms with E-state index in [-0.39, 0.29) is 0 Å². The average molecular weight is 379 g/mol. The molecule has 26 heavy (non-hydrogen) atoms. The Labute approximate surface area is 161 Å². The first-order valence-corrected chi connectivity index (χ1v) is 10.6. The van der Waals surface area contributed by atoms with E-state index in [1.807, 2.05) is 0 Å². The summed E-state index contributed by atoms with van der Waals surface area (Å²) in [6.45, 7) is 6.97. The van der Waals surface area contributed by atoms with Gasteiger partial charge in [0.1, 0.15) is 0 Å². The van der Waals surface area contributed by atoms with Crippen LogP contribution in [0.1, 0.15) is 124 Å². The van der Waals surface area contributed by atoms with Gasteiger partial charge in [0.25, 0.3) is 5.09 Å². The highest BCUT2D eigenvalue weighted by atomic mass is 16.9. The maximum Gasteiger partial charge on any atom is 0.291 e. The van der Waals surface area contributed by atoms with Crippen molar-refractivity contribution in [3.63, 3.8) is 0 Å². The molecule has 0 heterocycles. The van der Waals surface area contributed by atoms with Crippen molar-refractivity contribution in [1.82, 2.24) is 0 Å². The zero-order valence-electron chi connectivity index (χ0n) is 17.6. The van der Waals surface area contributed by atoms with Crippen LogP contribution in [0, 0.1) is 16.0 Å². The predicted molar refractivity (Wildman–Crippen MR) is 109 cm³/mol. The molecule has 0 aromatic carbocycles. The summed E-state index contributed by atoms with van der Waals surface area (Å²) in [7, 11) is 0. The molecule has 0 atom stereocenters. The molecule has 0 aromatic rings. The van der Waals surface area contributed by atoms with Gasteiger partial charge in [-0.2, -0.15) is 0 Å². The molecule has 6 heteroatoms.